The molecule has 0 bridgehead atoms. The Morgan fingerprint density at radius 2 is 1.57 bits per heavy atom. The van der Waals surface area contributed by atoms with Crippen LogP contribution in [0.1, 0.15) is 18.1 Å². The highest BCUT2D eigenvalue weighted by atomic mass is 35.5. The van der Waals surface area contributed by atoms with Crippen molar-refractivity contribution in [3.05, 3.63) is 82.9 Å². The van der Waals surface area contributed by atoms with Gasteiger partial charge in [0.1, 0.15) is 6.04 Å². The van der Waals surface area contributed by atoms with Gasteiger partial charge in [-0.3, -0.25) is 14.4 Å². The van der Waals surface area contributed by atoms with Crippen molar-refractivity contribution in [2.75, 3.05) is 0 Å². The lowest BCUT2D eigenvalue weighted by molar-refractivity contribution is -0.128. The summed E-state index contributed by atoms with van der Waals surface area (Å²) in [6.45, 7) is 1.36. The Balaban J connectivity index is 1.72. The number of hydrogen-bond acceptors (Lipinski definition) is 3. The van der Waals surface area contributed by atoms with E-state index in [-0.39, 0.29) is 12.3 Å². The molecule has 2 atom stereocenters. The molecule has 0 aliphatic rings. The van der Waals surface area contributed by atoms with Crippen molar-refractivity contribution in [3.63, 3.8) is 0 Å². The molecule has 0 saturated carbocycles. The summed E-state index contributed by atoms with van der Waals surface area (Å²) in [5.41, 5.74) is 1.76. The number of nitrogens with one attached hydrogen (secondary N) is 2. The Bertz CT molecular complexity index is 1050. The molecule has 0 heterocycles. The number of rotatable bonds is 8. The van der Waals surface area contributed by atoms with Gasteiger partial charge in [-0.1, -0.05) is 66.2 Å². The first-order valence-electron chi connectivity index (χ1n) is 9.62. The normalized spacial score (nSPS) is 12.7. The summed E-state index contributed by atoms with van der Waals surface area (Å²) in [6, 6.07) is 19.2. The molecule has 1 radical (unpaired) electrons. The zero-order valence-corrected chi connectivity index (χ0v) is 17.3. The number of amides is 2. The second-order valence-electron chi connectivity index (χ2n) is 7.15. The molecule has 0 spiro atoms. The molecule has 0 fully saturated rings. The van der Waals surface area contributed by atoms with Crippen molar-refractivity contribution in [3.8, 4) is 0 Å². The van der Waals surface area contributed by atoms with E-state index in [0.29, 0.717) is 11.4 Å². The van der Waals surface area contributed by atoms with Crippen LogP contribution in [0.15, 0.2) is 66.7 Å². The van der Waals surface area contributed by atoms with Crippen LogP contribution in [-0.2, 0) is 27.2 Å². The summed E-state index contributed by atoms with van der Waals surface area (Å²) in [6.07, 6.45) is 2.46. The first-order valence-corrected chi connectivity index (χ1v) is 9.99. The van der Waals surface area contributed by atoms with Crippen LogP contribution in [0.3, 0.4) is 0 Å². The van der Waals surface area contributed by atoms with Crippen LogP contribution in [0.5, 0.6) is 0 Å². The highest BCUT2D eigenvalue weighted by Crippen LogP contribution is 2.17. The summed E-state index contributed by atoms with van der Waals surface area (Å²) in [5, 5.41) is 8.11. The zero-order valence-electron chi connectivity index (χ0n) is 16.5. The van der Waals surface area contributed by atoms with Gasteiger partial charge in [-0.05, 0) is 34.0 Å². The number of benzene rings is 3. The van der Waals surface area contributed by atoms with Crippen LogP contribution >= 0.6 is 11.6 Å². The number of carbonyl (C=O) groups is 2. The van der Waals surface area contributed by atoms with Gasteiger partial charge in [0.2, 0.25) is 18.1 Å². The fraction of sp³-hybridized carbons (Fsp3) is 0.208. The first kappa shape index (κ1) is 21.5. The molecular weight excluding hydrogens is 400 g/mol. The smallest absolute Gasteiger partial charge is 0.243 e. The molecule has 5 nitrogen and oxygen atoms in total. The molecule has 0 aliphatic heterocycles. The van der Waals surface area contributed by atoms with Crippen LogP contribution in [0.2, 0.25) is 5.02 Å². The van der Waals surface area contributed by atoms with E-state index >= 15 is 0 Å². The van der Waals surface area contributed by atoms with Gasteiger partial charge >= 0.3 is 0 Å². The third-order valence-electron chi connectivity index (χ3n) is 4.76. The predicted octanol–water partition coefficient (Wildman–Crippen LogP) is 3.38. The van der Waals surface area contributed by atoms with Gasteiger partial charge in [0.25, 0.3) is 0 Å². The Kier molecular flexibility index (Phi) is 7.20. The molecule has 153 valence electrons. The molecule has 3 rings (SSSR count). The van der Waals surface area contributed by atoms with Crippen LogP contribution in [-0.4, -0.2) is 30.2 Å². The van der Waals surface area contributed by atoms with Crippen LogP contribution in [0, 0.1) is 0 Å². The van der Waals surface area contributed by atoms with Gasteiger partial charge in [0, 0.05) is 24.8 Å². The van der Waals surface area contributed by atoms with Crippen molar-refractivity contribution in [2.45, 2.75) is 31.8 Å². The highest BCUT2D eigenvalue weighted by Gasteiger charge is 2.23. The minimum Gasteiger partial charge on any atom is -0.344 e. The Morgan fingerprint density at radius 3 is 2.23 bits per heavy atom. The van der Waals surface area contributed by atoms with E-state index < -0.39 is 18.0 Å². The average molecular weight is 422 g/mol. The summed E-state index contributed by atoms with van der Waals surface area (Å²) < 4.78 is 0. The van der Waals surface area contributed by atoms with E-state index in [1.54, 1.807) is 24.3 Å². The summed E-state index contributed by atoms with van der Waals surface area (Å²) in [5.74, 6) is -0.749. The molecule has 3 aromatic rings. The van der Waals surface area contributed by atoms with Gasteiger partial charge in [-0.25, -0.2) is 0 Å². The van der Waals surface area contributed by atoms with Crippen molar-refractivity contribution in [1.29, 1.82) is 0 Å². The molecule has 0 aromatic heterocycles. The lowest BCUT2D eigenvalue weighted by Gasteiger charge is -2.20. The average Bonchev–Trinajstić information content (AvgIpc) is 2.73. The van der Waals surface area contributed by atoms with Gasteiger partial charge in [0.15, 0.2) is 0 Å². The van der Waals surface area contributed by atoms with Crippen molar-refractivity contribution >= 4 is 40.5 Å². The maximum Gasteiger partial charge on any atom is 0.243 e. The molecule has 0 aliphatic carbocycles. The predicted molar refractivity (Wildman–Crippen MR) is 118 cm³/mol. The standard InChI is InChI=1S/C24H22ClN2O3/c1-16(29)26-23(14-18-6-9-19-4-2-3-5-20(19)12-18)24(30)27-22(15-28)13-17-7-10-21(25)11-8-17/h2-12,22-23H,13-14H2,1H3,(H,26,29)(H,27,30)/t22-,23-/m0/s1. The third kappa shape index (κ3) is 5.91. The molecule has 30 heavy (non-hydrogen) atoms. The zero-order chi connectivity index (χ0) is 21.5. The quantitative estimate of drug-likeness (QED) is 0.585. The second-order valence-corrected chi connectivity index (χ2v) is 7.58. The van der Waals surface area contributed by atoms with Gasteiger partial charge in [-0.15, -0.1) is 0 Å². The molecule has 0 saturated heterocycles. The van der Waals surface area contributed by atoms with E-state index in [4.69, 9.17) is 11.6 Å². The SMILES string of the molecule is CC(=O)N[C@@H](Cc1ccc2ccccc2c1)C(=O)N[C@H]([C]=O)Cc1ccc(Cl)cc1. The van der Waals surface area contributed by atoms with Gasteiger partial charge in [-0.2, -0.15) is 0 Å². The van der Waals surface area contributed by atoms with E-state index in [0.717, 1.165) is 21.9 Å². The highest BCUT2D eigenvalue weighted by molar-refractivity contribution is 6.30. The first-order chi connectivity index (χ1) is 14.4. The van der Waals surface area contributed by atoms with E-state index in [2.05, 4.69) is 10.6 Å². The maximum absolute atomic E-state index is 12.8. The Hall–Kier alpha value is -3.18. The minimum absolute atomic E-state index is 0.287. The number of carbonyl (C=O) groups excluding carboxylic acids is 3. The molecule has 2 N–H and O–H groups in total. The Morgan fingerprint density at radius 1 is 0.900 bits per heavy atom. The van der Waals surface area contributed by atoms with Gasteiger partial charge in [0.05, 0.1) is 6.04 Å². The summed E-state index contributed by atoms with van der Waals surface area (Å²) in [7, 11) is 0. The van der Waals surface area contributed by atoms with Crippen LogP contribution < -0.4 is 10.6 Å². The van der Waals surface area contributed by atoms with Crippen molar-refractivity contribution in [2.24, 2.45) is 0 Å². The number of hydrogen-bond donors (Lipinski definition) is 2. The minimum atomic E-state index is -0.827. The van der Waals surface area contributed by atoms with Crippen molar-refractivity contribution in [1.82, 2.24) is 10.6 Å². The van der Waals surface area contributed by atoms with E-state index in [1.807, 2.05) is 48.8 Å². The maximum atomic E-state index is 12.8. The number of fused-ring (bicyclic) bond motifs is 1. The molecular formula is C24H22ClN2O3. The molecule has 6 heteroatoms. The van der Waals surface area contributed by atoms with Crippen molar-refractivity contribution < 1.29 is 14.4 Å². The molecule has 3 aromatic carbocycles. The fourth-order valence-corrected chi connectivity index (χ4v) is 3.43. The molecule has 2 amide bonds. The molecule has 0 unspecified atom stereocenters. The van der Waals surface area contributed by atoms with Crippen LogP contribution in [0.4, 0.5) is 0 Å². The van der Waals surface area contributed by atoms with Gasteiger partial charge < -0.3 is 10.6 Å². The van der Waals surface area contributed by atoms with Crippen LogP contribution in [0.25, 0.3) is 10.8 Å². The second kappa shape index (κ2) is 10.0. The largest absolute Gasteiger partial charge is 0.344 e. The van der Waals surface area contributed by atoms with E-state index in [1.165, 1.54) is 6.92 Å². The topological polar surface area (TPSA) is 75.3 Å². The fourth-order valence-electron chi connectivity index (χ4n) is 3.31. The Labute approximate surface area is 180 Å². The lowest BCUT2D eigenvalue weighted by atomic mass is 10.0. The summed E-state index contributed by atoms with van der Waals surface area (Å²) >= 11 is 5.88. The number of halogens is 1. The lowest BCUT2D eigenvalue weighted by Crippen LogP contribution is -2.51. The summed E-state index contributed by atoms with van der Waals surface area (Å²) in [4.78, 5) is 35.9. The monoisotopic (exact) mass is 421 g/mol. The van der Waals surface area contributed by atoms with E-state index in [9.17, 15) is 14.4 Å². The third-order valence-corrected chi connectivity index (χ3v) is 5.01.